The van der Waals surface area contributed by atoms with Crippen LogP contribution in [0.15, 0.2) is 0 Å². The summed E-state index contributed by atoms with van der Waals surface area (Å²) in [6.45, 7) is 5.48. The number of ketones is 1. The number of hydrogen-bond donors (Lipinski definition) is 3. The van der Waals surface area contributed by atoms with Crippen molar-refractivity contribution in [2.75, 3.05) is 19.6 Å². The van der Waals surface area contributed by atoms with E-state index in [2.05, 4.69) is 17.6 Å². The summed E-state index contributed by atoms with van der Waals surface area (Å²) >= 11 is 0. The van der Waals surface area contributed by atoms with Gasteiger partial charge >= 0.3 is 0 Å². The molecule has 1 aliphatic heterocycles. The van der Waals surface area contributed by atoms with E-state index in [1.54, 1.807) is 0 Å². The van der Waals surface area contributed by atoms with E-state index < -0.39 is 6.10 Å². The van der Waals surface area contributed by atoms with Gasteiger partial charge in [0, 0.05) is 19.6 Å². The second kappa shape index (κ2) is 3.80. The van der Waals surface area contributed by atoms with E-state index in [1.807, 2.05) is 0 Å². The average Bonchev–Trinajstić information content (AvgIpc) is 2.05. The molecule has 0 aromatic heterocycles. The number of carbonyl (C=O) groups excluding carboxylic acids is 1. The molecule has 3 N–H and O–H groups in total. The Balaban J connectivity index is 2.39. The minimum Gasteiger partial charge on any atom is -0.385 e. The summed E-state index contributed by atoms with van der Waals surface area (Å²) in [6.07, 6.45) is -1.10. The molecule has 1 aliphatic rings. The first kappa shape index (κ1) is 8.64. The van der Waals surface area contributed by atoms with Gasteiger partial charge < -0.3 is 15.7 Å². The molecule has 0 aliphatic carbocycles. The maximum Gasteiger partial charge on any atom is 0.179 e. The molecule has 4 nitrogen and oxygen atoms in total. The predicted octanol–water partition coefficient (Wildman–Crippen LogP) is -1.69. The normalized spacial score (nSPS) is 28.0. The quantitative estimate of drug-likeness (QED) is 0.447. The lowest BCUT2D eigenvalue weighted by Crippen LogP contribution is -2.54. The highest BCUT2D eigenvalue weighted by molar-refractivity contribution is 5.88. The van der Waals surface area contributed by atoms with Crippen LogP contribution in [0.5, 0.6) is 0 Å². The summed E-state index contributed by atoms with van der Waals surface area (Å²) in [6, 6.07) is -0.267. The lowest BCUT2D eigenvalue weighted by atomic mass is 10.1. The number of aliphatic hydroxyl groups excluding tert-OH is 1. The maximum atomic E-state index is 11.1. The maximum absolute atomic E-state index is 11.1. The number of aliphatic hydroxyl groups is 1. The molecule has 0 bridgehead atoms. The van der Waals surface area contributed by atoms with Gasteiger partial charge in [0.2, 0.25) is 0 Å². The molecule has 1 fully saturated rings. The monoisotopic (exact) mass is 157 g/mol. The fourth-order valence-corrected chi connectivity index (χ4v) is 1.09. The number of nitrogens with one attached hydrogen (secondary N) is 2. The third-order valence-electron chi connectivity index (χ3n) is 1.71. The van der Waals surface area contributed by atoms with Crippen LogP contribution in [0.1, 0.15) is 0 Å². The van der Waals surface area contributed by atoms with Crippen molar-refractivity contribution in [2.45, 2.75) is 12.1 Å². The SMILES string of the molecule is [CH2]C(O)C(=O)C1CNCCN1. The van der Waals surface area contributed by atoms with Gasteiger partial charge in [0.25, 0.3) is 0 Å². The largest absolute Gasteiger partial charge is 0.385 e. The van der Waals surface area contributed by atoms with Crippen molar-refractivity contribution >= 4 is 5.78 Å². The molecule has 1 heterocycles. The van der Waals surface area contributed by atoms with Crippen LogP contribution < -0.4 is 10.6 Å². The highest BCUT2D eigenvalue weighted by Crippen LogP contribution is 1.93. The predicted molar refractivity (Wildman–Crippen MR) is 41.0 cm³/mol. The summed E-state index contributed by atoms with van der Waals surface area (Å²) in [5.41, 5.74) is 0. The zero-order valence-electron chi connectivity index (χ0n) is 6.34. The standard InChI is InChI=1S/C7H13N2O2/c1-5(10)7(11)6-4-8-2-3-9-6/h5-6,8-10H,1-4H2. The molecule has 2 unspecified atom stereocenters. The molecule has 11 heavy (non-hydrogen) atoms. The van der Waals surface area contributed by atoms with E-state index in [1.165, 1.54) is 0 Å². The first-order chi connectivity index (χ1) is 5.22. The van der Waals surface area contributed by atoms with Gasteiger partial charge in [-0.15, -0.1) is 0 Å². The minimum atomic E-state index is -1.10. The summed E-state index contributed by atoms with van der Waals surface area (Å²) in [7, 11) is 0. The third kappa shape index (κ3) is 2.25. The highest BCUT2D eigenvalue weighted by Gasteiger charge is 2.23. The Morgan fingerprint density at radius 2 is 2.36 bits per heavy atom. The second-order valence-electron chi connectivity index (χ2n) is 2.63. The Bertz CT molecular complexity index is 141. The first-order valence-electron chi connectivity index (χ1n) is 3.71. The molecule has 0 spiro atoms. The zero-order valence-corrected chi connectivity index (χ0v) is 6.34. The van der Waals surface area contributed by atoms with Gasteiger partial charge in [-0.25, -0.2) is 0 Å². The van der Waals surface area contributed by atoms with Gasteiger partial charge in [-0.2, -0.15) is 0 Å². The fraction of sp³-hybridized carbons (Fsp3) is 0.714. The van der Waals surface area contributed by atoms with Crippen molar-refractivity contribution in [2.24, 2.45) is 0 Å². The van der Waals surface area contributed by atoms with E-state index in [0.717, 1.165) is 13.1 Å². The lowest BCUT2D eigenvalue weighted by molar-refractivity contribution is -0.127. The minimum absolute atomic E-state index is 0.239. The number of hydrogen-bond acceptors (Lipinski definition) is 4. The van der Waals surface area contributed by atoms with Crippen LogP contribution in [-0.2, 0) is 4.79 Å². The van der Waals surface area contributed by atoms with E-state index in [4.69, 9.17) is 5.11 Å². The Kier molecular flexibility index (Phi) is 2.99. The van der Waals surface area contributed by atoms with Gasteiger partial charge in [0.15, 0.2) is 5.78 Å². The Hall–Kier alpha value is -0.450. The second-order valence-corrected chi connectivity index (χ2v) is 2.63. The first-order valence-corrected chi connectivity index (χ1v) is 3.71. The van der Waals surface area contributed by atoms with Gasteiger partial charge in [-0.05, 0) is 6.92 Å². The Labute approximate surface area is 66.0 Å². The van der Waals surface area contributed by atoms with Crippen LogP contribution in [0, 0.1) is 6.92 Å². The molecule has 1 radical (unpaired) electrons. The average molecular weight is 157 g/mol. The molecule has 1 saturated heterocycles. The van der Waals surface area contributed by atoms with Crippen molar-refractivity contribution in [3.05, 3.63) is 6.92 Å². The van der Waals surface area contributed by atoms with Crippen LogP contribution in [-0.4, -0.2) is 42.7 Å². The van der Waals surface area contributed by atoms with Crippen LogP contribution >= 0.6 is 0 Å². The van der Waals surface area contributed by atoms with E-state index >= 15 is 0 Å². The topological polar surface area (TPSA) is 61.4 Å². The molecule has 0 aromatic rings. The van der Waals surface area contributed by atoms with Crippen LogP contribution in [0.2, 0.25) is 0 Å². The molecule has 2 atom stereocenters. The van der Waals surface area contributed by atoms with Crippen LogP contribution in [0.3, 0.4) is 0 Å². The number of piperazine rings is 1. The molecule has 63 valence electrons. The number of rotatable bonds is 2. The van der Waals surface area contributed by atoms with Crippen molar-refractivity contribution < 1.29 is 9.90 Å². The van der Waals surface area contributed by atoms with E-state index in [-0.39, 0.29) is 11.8 Å². The summed E-state index contributed by atoms with van der Waals surface area (Å²) in [5, 5.41) is 14.9. The van der Waals surface area contributed by atoms with Gasteiger partial charge in [0.1, 0.15) is 6.10 Å². The molecule has 0 saturated carbocycles. The Morgan fingerprint density at radius 1 is 1.64 bits per heavy atom. The summed E-state index contributed by atoms with van der Waals surface area (Å²) in [4.78, 5) is 11.1. The van der Waals surface area contributed by atoms with Gasteiger partial charge in [-0.1, -0.05) is 0 Å². The molecule has 0 amide bonds. The van der Waals surface area contributed by atoms with Gasteiger partial charge in [0.05, 0.1) is 6.04 Å². The number of Topliss-reactive ketones (excluding diaryl/α,β-unsaturated/α-hetero) is 1. The molecule has 1 rings (SSSR count). The van der Waals surface area contributed by atoms with Crippen molar-refractivity contribution in [1.29, 1.82) is 0 Å². The Morgan fingerprint density at radius 3 is 2.82 bits per heavy atom. The highest BCUT2D eigenvalue weighted by atomic mass is 16.3. The number of carbonyl (C=O) groups is 1. The third-order valence-corrected chi connectivity index (χ3v) is 1.71. The summed E-state index contributed by atoms with van der Waals surface area (Å²) < 4.78 is 0. The molecule has 4 heteroatoms. The molecular formula is C7H13N2O2. The van der Waals surface area contributed by atoms with Gasteiger partial charge in [-0.3, -0.25) is 4.79 Å². The lowest BCUT2D eigenvalue weighted by Gasteiger charge is -2.23. The van der Waals surface area contributed by atoms with E-state index in [0.29, 0.717) is 6.54 Å². The fourth-order valence-electron chi connectivity index (χ4n) is 1.09. The van der Waals surface area contributed by atoms with Crippen LogP contribution in [0.4, 0.5) is 0 Å². The van der Waals surface area contributed by atoms with E-state index in [9.17, 15) is 4.79 Å². The van der Waals surface area contributed by atoms with Crippen molar-refractivity contribution in [1.82, 2.24) is 10.6 Å². The van der Waals surface area contributed by atoms with Crippen molar-refractivity contribution in [3.8, 4) is 0 Å². The smallest absolute Gasteiger partial charge is 0.179 e. The zero-order chi connectivity index (χ0) is 8.27. The summed E-state index contributed by atoms with van der Waals surface area (Å²) in [5.74, 6) is -0.239. The van der Waals surface area contributed by atoms with Crippen molar-refractivity contribution in [3.63, 3.8) is 0 Å². The van der Waals surface area contributed by atoms with Crippen LogP contribution in [0.25, 0.3) is 0 Å². The molecular weight excluding hydrogens is 144 g/mol. The molecule has 0 aromatic carbocycles.